The summed E-state index contributed by atoms with van der Waals surface area (Å²) in [4.78, 5) is 2.21. The summed E-state index contributed by atoms with van der Waals surface area (Å²) in [7, 11) is -7.12. The van der Waals surface area contributed by atoms with Crippen LogP contribution >= 0.6 is 22.9 Å². The highest BCUT2D eigenvalue weighted by Crippen LogP contribution is 2.32. The Labute approximate surface area is 157 Å². The molecule has 0 aliphatic carbocycles. The number of morpholine rings is 1. The number of ether oxygens (including phenoxy) is 1. The second-order valence-electron chi connectivity index (χ2n) is 6.23. The normalized spacial score (nSPS) is 27.6. The summed E-state index contributed by atoms with van der Waals surface area (Å²) >= 11 is 6.80. The summed E-state index contributed by atoms with van der Waals surface area (Å²) in [5.41, 5.74) is 0. The highest BCUT2D eigenvalue weighted by molar-refractivity contribution is 7.97. The summed E-state index contributed by atoms with van der Waals surface area (Å²) < 4.78 is 55.5. The molecule has 0 radical (unpaired) electrons. The van der Waals surface area contributed by atoms with E-state index in [1.165, 1.54) is 12.1 Å². The molecule has 142 valence electrons. The van der Waals surface area contributed by atoms with Crippen molar-refractivity contribution in [3.63, 3.8) is 0 Å². The second kappa shape index (κ2) is 7.79. The Morgan fingerprint density at radius 3 is 2.64 bits per heavy atom. The van der Waals surface area contributed by atoms with E-state index in [0.29, 0.717) is 24.1 Å². The van der Waals surface area contributed by atoms with Gasteiger partial charge in [-0.05, 0) is 12.1 Å². The van der Waals surface area contributed by atoms with Crippen molar-refractivity contribution >= 4 is 42.6 Å². The molecule has 7 nitrogen and oxygen atoms in total. The predicted molar refractivity (Wildman–Crippen MR) is 98.0 cm³/mol. The van der Waals surface area contributed by atoms with Gasteiger partial charge in [0.1, 0.15) is 4.21 Å². The van der Waals surface area contributed by atoms with E-state index < -0.39 is 31.0 Å². The summed E-state index contributed by atoms with van der Waals surface area (Å²) in [5, 5.41) is 2.17. The zero-order valence-corrected chi connectivity index (χ0v) is 16.8. The molecule has 0 spiro atoms. The van der Waals surface area contributed by atoms with Crippen molar-refractivity contribution in [3.05, 3.63) is 16.5 Å². The Bertz CT molecular complexity index is 802. The van der Waals surface area contributed by atoms with Crippen LogP contribution in [0.3, 0.4) is 0 Å². The molecule has 25 heavy (non-hydrogen) atoms. The molecule has 1 aromatic rings. The first-order chi connectivity index (χ1) is 11.8. The first-order valence-corrected chi connectivity index (χ1v) is 12.6. The van der Waals surface area contributed by atoms with Crippen LogP contribution in [0.25, 0.3) is 0 Å². The predicted octanol–water partition coefficient (Wildman–Crippen LogP) is 0.263. The summed E-state index contributed by atoms with van der Waals surface area (Å²) in [5.74, 6) is -0.501. The number of halogens is 1. The fourth-order valence-corrected chi connectivity index (χ4v) is 9.57. The van der Waals surface area contributed by atoms with E-state index >= 15 is 0 Å². The Morgan fingerprint density at radius 2 is 2.00 bits per heavy atom. The van der Waals surface area contributed by atoms with Gasteiger partial charge in [-0.25, -0.2) is 16.8 Å². The lowest BCUT2D eigenvalue weighted by molar-refractivity contribution is 0.0382. The highest BCUT2D eigenvalue weighted by Gasteiger charge is 2.46. The van der Waals surface area contributed by atoms with Gasteiger partial charge in [-0.3, -0.25) is 4.90 Å². The molecule has 0 aromatic carbocycles. The summed E-state index contributed by atoms with van der Waals surface area (Å²) in [6.07, 6.45) is 0. The van der Waals surface area contributed by atoms with Crippen LogP contribution in [0.5, 0.6) is 0 Å². The van der Waals surface area contributed by atoms with Crippen molar-refractivity contribution in [2.24, 2.45) is 0 Å². The number of nitrogens with one attached hydrogen (secondary N) is 1. The van der Waals surface area contributed by atoms with Crippen molar-refractivity contribution < 1.29 is 21.6 Å². The molecule has 3 heterocycles. The lowest BCUT2D eigenvalue weighted by Crippen LogP contribution is -2.47. The first-order valence-electron chi connectivity index (χ1n) is 8.01. The maximum Gasteiger partial charge on any atom is 0.193 e. The van der Waals surface area contributed by atoms with Gasteiger partial charge in [0.15, 0.2) is 19.7 Å². The molecule has 0 saturated carbocycles. The van der Waals surface area contributed by atoms with Gasteiger partial charge in [-0.2, -0.15) is 0 Å². The van der Waals surface area contributed by atoms with Crippen LogP contribution in [0, 0.1) is 0 Å². The molecule has 2 saturated heterocycles. The molecule has 3 rings (SSSR count). The molecular formula is C14H21ClN2O5S3. The van der Waals surface area contributed by atoms with E-state index in [1.54, 1.807) is 0 Å². The third-order valence-corrected chi connectivity index (χ3v) is 10.4. The van der Waals surface area contributed by atoms with Crippen LogP contribution in [-0.2, 0) is 24.4 Å². The molecule has 2 fully saturated rings. The minimum atomic E-state index is -3.73. The van der Waals surface area contributed by atoms with Crippen LogP contribution in [0.2, 0.25) is 4.34 Å². The van der Waals surface area contributed by atoms with Crippen molar-refractivity contribution in [2.45, 2.75) is 15.5 Å². The Hall–Kier alpha value is -0.230. The minimum Gasteiger partial charge on any atom is -0.379 e. The molecule has 0 amide bonds. The largest absolute Gasteiger partial charge is 0.379 e. The first kappa shape index (κ1) is 19.5. The second-order valence-corrected chi connectivity index (χ2v) is 12.5. The third kappa shape index (κ3) is 4.74. The van der Waals surface area contributed by atoms with Crippen molar-refractivity contribution in [3.8, 4) is 0 Å². The summed E-state index contributed by atoms with van der Waals surface area (Å²) in [6.45, 7) is 4.32. The standard InChI is InChI=1S/C14H21ClN2O5S3/c15-13-1-2-14(23-13)25(20,21)12-10-24(18,19)9-11(12)16-3-4-17-5-7-22-8-6-17/h1-2,11-12,16H,3-10H2/t11-,12-/m0/s1. The maximum atomic E-state index is 12.8. The average molecular weight is 429 g/mol. The molecule has 0 unspecified atom stereocenters. The van der Waals surface area contributed by atoms with Crippen molar-refractivity contribution in [1.29, 1.82) is 0 Å². The van der Waals surface area contributed by atoms with Gasteiger partial charge >= 0.3 is 0 Å². The van der Waals surface area contributed by atoms with Gasteiger partial charge in [-0.15, -0.1) is 11.3 Å². The Kier molecular flexibility index (Phi) is 6.09. The van der Waals surface area contributed by atoms with Gasteiger partial charge in [0.25, 0.3) is 0 Å². The number of sulfone groups is 2. The zero-order chi connectivity index (χ0) is 18.1. The molecular weight excluding hydrogens is 408 g/mol. The van der Waals surface area contributed by atoms with E-state index in [-0.39, 0.29) is 15.7 Å². The zero-order valence-electron chi connectivity index (χ0n) is 13.6. The van der Waals surface area contributed by atoms with Gasteiger partial charge < -0.3 is 10.1 Å². The number of nitrogens with zero attached hydrogens (tertiary/aromatic N) is 1. The molecule has 11 heteroatoms. The minimum absolute atomic E-state index is 0.125. The van der Waals surface area contributed by atoms with E-state index in [9.17, 15) is 16.8 Å². The fraction of sp³-hybridized carbons (Fsp3) is 0.714. The molecule has 2 aliphatic heterocycles. The van der Waals surface area contributed by atoms with Crippen molar-refractivity contribution in [2.75, 3.05) is 50.9 Å². The van der Waals surface area contributed by atoms with Gasteiger partial charge in [0.2, 0.25) is 0 Å². The number of hydrogen-bond donors (Lipinski definition) is 1. The van der Waals surface area contributed by atoms with Gasteiger partial charge in [0, 0.05) is 32.2 Å². The van der Waals surface area contributed by atoms with Crippen LogP contribution in [0.1, 0.15) is 0 Å². The van der Waals surface area contributed by atoms with E-state index in [2.05, 4.69) is 10.2 Å². The van der Waals surface area contributed by atoms with E-state index in [4.69, 9.17) is 16.3 Å². The highest BCUT2D eigenvalue weighted by atomic mass is 35.5. The van der Waals surface area contributed by atoms with Crippen LogP contribution in [0.4, 0.5) is 0 Å². The lowest BCUT2D eigenvalue weighted by Gasteiger charge is -2.27. The van der Waals surface area contributed by atoms with Gasteiger partial charge in [0.05, 0.1) is 34.3 Å². The molecule has 0 bridgehead atoms. The quantitative estimate of drug-likeness (QED) is 0.694. The number of rotatable bonds is 6. The number of thiophene rings is 1. The van der Waals surface area contributed by atoms with Crippen LogP contribution < -0.4 is 5.32 Å². The Balaban J connectivity index is 1.68. The van der Waals surface area contributed by atoms with Gasteiger partial charge in [-0.1, -0.05) is 11.6 Å². The topological polar surface area (TPSA) is 92.8 Å². The molecule has 1 aromatic heterocycles. The molecule has 1 N–H and O–H groups in total. The van der Waals surface area contributed by atoms with Crippen LogP contribution in [0.15, 0.2) is 16.3 Å². The lowest BCUT2D eigenvalue weighted by atomic mass is 10.2. The molecule has 2 aliphatic rings. The fourth-order valence-electron chi connectivity index (χ4n) is 3.14. The SMILES string of the molecule is O=S1(=O)C[C@H](NCCN2CCOCC2)[C@@H](S(=O)(=O)c2ccc(Cl)s2)C1. The smallest absolute Gasteiger partial charge is 0.193 e. The average Bonchev–Trinajstić information content (AvgIpc) is 3.12. The monoisotopic (exact) mass is 428 g/mol. The summed E-state index contributed by atoms with van der Waals surface area (Å²) in [6, 6.07) is 2.36. The molecule has 2 atom stereocenters. The Morgan fingerprint density at radius 1 is 1.28 bits per heavy atom. The number of hydrogen-bond acceptors (Lipinski definition) is 8. The van der Waals surface area contributed by atoms with E-state index in [0.717, 1.165) is 31.0 Å². The van der Waals surface area contributed by atoms with E-state index in [1.807, 2.05) is 0 Å². The maximum absolute atomic E-state index is 12.8. The van der Waals surface area contributed by atoms with Crippen LogP contribution in [-0.4, -0.2) is 83.9 Å². The van der Waals surface area contributed by atoms with Crippen molar-refractivity contribution in [1.82, 2.24) is 10.2 Å². The third-order valence-electron chi connectivity index (χ3n) is 4.47.